The van der Waals surface area contributed by atoms with Gasteiger partial charge in [0.15, 0.2) is 21.4 Å². The second-order valence-electron chi connectivity index (χ2n) is 5.90. The van der Waals surface area contributed by atoms with Gasteiger partial charge in [0.05, 0.1) is 31.6 Å². The lowest BCUT2D eigenvalue weighted by molar-refractivity contribution is -0.172. The average molecular weight is 370 g/mol. The highest BCUT2D eigenvalue weighted by Gasteiger charge is 2.37. The number of ketones is 1. The van der Waals surface area contributed by atoms with Gasteiger partial charge in [0, 0.05) is 31.1 Å². The first-order valence-corrected chi connectivity index (χ1v) is 9.83. The van der Waals surface area contributed by atoms with E-state index in [0.29, 0.717) is 31.6 Å². The number of carbonyl (C=O) groups excluding carboxylic acids is 2. The lowest BCUT2D eigenvalue weighted by atomic mass is 9.99. The molecular weight excluding hydrogens is 348 g/mol. The van der Waals surface area contributed by atoms with Crippen molar-refractivity contribution >= 4 is 21.6 Å². The van der Waals surface area contributed by atoms with E-state index in [1.54, 1.807) is 0 Å². The molecule has 0 spiro atoms. The summed E-state index contributed by atoms with van der Waals surface area (Å²) >= 11 is 0. The molecule has 0 unspecified atom stereocenters. The van der Waals surface area contributed by atoms with E-state index in [2.05, 4.69) is 4.74 Å². The summed E-state index contributed by atoms with van der Waals surface area (Å²) in [6.07, 6.45) is 2.06. The maximum atomic E-state index is 12.3. The average Bonchev–Trinajstić information content (AvgIpc) is 3.06. The Kier molecular flexibility index (Phi) is 6.31. The highest BCUT2D eigenvalue weighted by Crippen LogP contribution is 2.31. The number of esters is 1. The summed E-state index contributed by atoms with van der Waals surface area (Å²) in [5, 5.41) is 0. The summed E-state index contributed by atoms with van der Waals surface area (Å²) in [7, 11) is -1.98. The second kappa shape index (κ2) is 8.07. The summed E-state index contributed by atoms with van der Waals surface area (Å²) in [5.74, 6) is -1.45. The minimum absolute atomic E-state index is 0.142. The summed E-state index contributed by atoms with van der Waals surface area (Å²) in [5.41, 5.74) is 0.425. The zero-order valence-electron chi connectivity index (χ0n) is 14.3. The Morgan fingerprint density at radius 1 is 1.08 bits per heavy atom. The quantitative estimate of drug-likeness (QED) is 0.508. The van der Waals surface area contributed by atoms with Crippen molar-refractivity contribution in [2.24, 2.45) is 0 Å². The van der Waals surface area contributed by atoms with Crippen molar-refractivity contribution in [3.05, 3.63) is 29.8 Å². The fourth-order valence-corrected chi connectivity index (χ4v) is 3.27. The Hall–Kier alpha value is -1.77. The van der Waals surface area contributed by atoms with E-state index in [-0.39, 0.29) is 29.5 Å². The van der Waals surface area contributed by atoms with Crippen LogP contribution in [-0.4, -0.2) is 52.5 Å². The van der Waals surface area contributed by atoms with Crippen LogP contribution in [0.3, 0.4) is 0 Å². The lowest BCUT2D eigenvalue weighted by Gasteiger charge is -2.26. The third-order valence-corrected chi connectivity index (χ3v) is 5.22. The van der Waals surface area contributed by atoms with Crippen molar-refractivity contribution in [2.75, 3.05) is 26.6 Å². The number of methoxy groups -OCH3 is 1. The maximum absolute atomic E-state index is 12.3. The molecule has 1 fully saturated rings. The van der Waals surface area contributed by atoms with Gasteiger partial charge < -0.3 is 14.2 Å². The van der Waals surface area contributed by atoms with Gasteiger partial charge in [-0.05, 0) is 12.1 Å². The molecule has 2 rings (SSSR count). The smallest absolute Gasteiger partial charge is 0.305 e. The highest BCUT2D eigenvalue weighted by atomic mass is 32.2. The molecule has 1 heterocycles. The molecule has 0 saturated carbocycles. The molecule has 0 amide bonds. The molecule has 1 aliphatic heterocycles. The van der Waals surface area contributed by atoms with Crippen LogP contribution in [0.15, 0.2) is 29.2 Å². The van der Waals surface area contributed by atoms with Gasteiger partial charge in [0.25, 0.3) is 0 Å². The molecule has 1 aromatic rings. The SMILES string of the molecule is COC(=O)CCC1(CCC(=O)c2ccc(S(C)(=O)=O)cc2)OCCO1. The third kappa shape index (κ3) is 5.35. The van der Waals surface area contributed by atoms with Crippen molar-refractivity contribution in [2.45, 2.75) is 36.4 Å². The van der Waals surface area contributed by atoms with Gasteiger partial charge in [0.1, 0.15) is 0 Å². The number of Topliss-reactive ketones (excluding diaryl/α,β-unsaturated/α-hetero) is 1. The number of hydrogen-bond acceptors (Lipinski definition) is 7. The van der Waals surface area contributed by atoms with Gasteiger partial charge >= 0.3 is 5.97 Å². The minimum Gasteiger partial charge on any atom is -0.469 e. The lowest BCUT2D eigenvalue weighted by Crippen LogP contribution is -2.32. The van der Waals surface area contributed by atoms with Crippen molar-refractivity contribution in [3.8, 4) is 0 Å². The molecule has 1 saturated heterocycles. The summed E-state index contributed by atoms with van der Waals surface area (Å²) in [6.45, 7) is 0.830. The van der Waals surface area contributed by atoms with Crippen LogP contribution in [0.25, 0.3) is 0 Å². The molecule has 1 aliphatic rings. The number of hydrogen-bond donors (Lipinski definition) is 0. The topological polar surface area (TPSA) is 96.0 Å². The van der Waals surface area contributed by atoms with E-state index in [9.17, 15) is 18.0 Å². The number of rotatable bonds is 8. The summed E-state index contributed by atoms with van der Waals surface area (Å²) in [4.78, 5) is 23.8. The number of benzene rings is 1. The van der Waals surface area contributed by atoms with Gasteiger partial charge in [-0.2, -0.15) is 0 Å². The molecule has 0 N–H and O–H groups in total. The monoisotopic (exact) mass is 370 g/mol. The van der Waals surface area contributed by atoms with Crippen LogP contribution in [0.2, 0.25) is 0 Å². The Morgan fingerprint density at radius 2 is 1.64 bits per heavy atom. The van der Waals surface area contributed by atoms with Gasteiger partial charge in [-0.15, -0.1) is 0 Å². The molecule has 0 atom stereocenters. The minimum atomic E-state index is -3.29. The van der Waals surface area contributed by atoms with Crippen LogP contribution in [0, 0.1) is 0 Å². The second-order valence-corrected chi connectivity index (χ2v) is 7.92. The number of carbonyl (C=O) groups is 2. The fraction of sp³-hybridized carbons (Fsp3) is 0.529. The summed E-state index contributed by atoms with van der Waals surface area (Å²) in [6, 6.07) is 5.82. The molecule has 8 heteroatoms. The molecule has 0 aromatic heterocycles. The normalized spacial score (nSPS) is 16.6. The van der Waals surface area contributed by atoms with E-state index < -0.39 is 15.6 Å². The van der Waals surface area contributed by atoms with Gasteiger partial charge in [-0.25, -0.2) is 8.42 Å². The number of ether oxygens (including phenoxy) is 3. The van der Waals surface area contributed by atoms with Crippen molar-refractivity contribution < 1.29 is 32.2 Å². The van der Waals surface area contributed by atoms with E-state index in [1.807, 2.05) is 0 Å². The van der Waals surface area contributed by atoms with Crippen LogP contribution in [-0.2, 0) is 28.8 Å². The molecular formula is C17H22O7S. The first kappa shape index (κ1) is 19.6. The Labute approximate surface area is 147 Å². The molecule has 0 aliphatic carbocycles. The maximum Gasteiger partial charge on any atom is 0.305 e. The van der Waals surface area contributed by atoms with Crippen molar-refractivity contribution in [1.29, 1.82) is 0 Å². The van der Waals surface area contributed by atoms with Crippen LogP contribution in [0.1, 0.15) is 36.0 Å². The van der Waals surface area contributed by atoms with E-state index in [1.165, 1.54) is 31.4 Å². The molecule has 7 nitrogen and oxygen atoms in total. The standard InChI is InChI=1S/C17H22O7S/c1-22-16(19)8-10-17(23-11-12-24-17)9-7-15(18)13-3-5-14(6-4-13)25(2,20)21/h3-6H,7-12H2,1-2H3. The fourth-order valence-electron chi connectivity index (χ4n) is 2.64. The van der Waals surface area contributed by atoms with E-state index in [4.69, 9.17) is 9.47 Å². The third-order valence-electron chi connectivity index (χ3n) is 4.09. The Morgan fingerprint density at radius 3 is 2.16 bits per heavy atom. The Bertz CT molecular complexity index is 716. The van der Waals surface area contributed by atoms with Crippen LogP contribution < -0.4 is 0 Å². The van der Waals surface area contributed by atoms with Gasteiger partial charge in [-0.1, -0.05) is 12.1 Å². The zero-order valence-corrected chi connectivity index (χ0v) is 15.1. The molecule has 138 valence electrons. The van der Waals surface area contributed by atoms with E-state index in [0.717, 1.165) is 6.26 Å². The van der Waals surface area contributed by atoms with Gasteiger partial charge in [-0.3, -0.25) is 9.59 Å². The zero-order chi connectivity index (χ0) is 18.5. The molecule has 1 aromatic carbocycles. The first-order valence-electron chi connectivity index (χ1n) is 7.94. The van der Waals surface area contributed by atoms with Crippen LogP contribution in [0.4, 0.5) is 0 Å². The van der Waals surface area contributed by atoms with Gasteiger partial charge in [0.2, 0.25) is 0 Å². The largest absolute Gasteiger partial charge is 0.469 e. The van der Waals surface area contributed by atoms with Crippen LogP contribution in [0.5, 0.6) is 0 Å². The molecule has 0 radical (unpaired) electrons. The van der Waals surface area contributed by atoms with Crippen LogP contribution >= 0.6 is 0 Å². The first-order chi connectivity index (χ1) is 11.8. The molecule has 0 bridgehead atoms. The predicted octanol–water partition coefficient (Wildman–Crippen LogP) is 1.75. The van der Waals surface area contributed by atoms with Crippen molar-refractivity contribution in [3.63, 3.8) is 0 Å². The summed E-state index contributed by atoms with van der Waals surface area (Å²) < 4.78 is 38.8. The predicted molar refractivity (Wildman–Crippen MR) is 89.0 cm³/mol. The van der Waals surface area contributed by atoms with E-state index >= 15 is 0 Å². The Balaban J connectivity index is 1.98. The van der Waals surface area contributed by atoms with Crippen molar-refractivity contribution in [1.82, 2.24) is 0 Å². The molecule has 25 heavy (non-hydrogen) atoms. The number of sulfone groups is 1. The highest BCUT2D eigenvalue weighted by molar-refractivity contribution is 7.90.